The molecule has 0 aliphatic heterocycles. The minimum absolute atomic E-state index is 0.0100. The Kier molecular flexibility index (Phi) is 4.42. The van der Waals surface area contributed by atoms with Crippen LogP contribution in [0.5, 0.6) is 0 Å². The lowest BCUT2D eigenvalue weighted by Crippen LogP contribution is -2.14. The van der Waals surface area contributed by atoms with Gasteiger partial charge in [0.25, 0.3) is 5.56 Å². The van der Waals surface area contributed by atoms with E-state index in [0.29, 0.717) is 5.65 Å². The van der Waals surface area contributed by atoms with Gasteiger partial charge >= 0.3 is 0 Å². The van der Waals surface area contributed by atoms with E-state index < -0.39 is 0 Å². The summed E-state index contributed by atoms with van der Waals surface area (Å²) in [5, 5.41) is 9.28. The Bertz CT molecular complexity index is 703. The number of anilines is 1. The van der Waals surface area contributed by atoms with E-state index in [9.17, 15) is 9.90 Å². The van der Waals surface area contributed by atoms with Crippen molar-refractivity contribution in [2.45, 2.75) is 32.7 Å². The molecule has 0 unspecified atom stereocenters. The number of fused-ring (bicyclic) bond motifs is 1. The monoisotopic (exact) mass is 291 g/mol. The zero-order valence-electron chi connectivity index (χ0n) is 12.3. The first-order chi connectivity index (χ1) is 10.1. The number of rotatable bonds is 2. The summed E-state index contributed by atoms with van der Waals surface area (Å²) >= 11 is 0. The molecule has 0 saturated heterocycles. The van der Waals surface area contributed by atoms with Gasteiger partial charge in [-0.3, -0.25) is 9.78 Å². The van der Waals surface area contributed by atoms with Crippen LogP contribution in [0.3, 0.4) is 0 Å². The van der Waals surface area contributed by atoms with Crippen LogP contribution in [0.2, 0.25) is 0 Å². The SMILES string of the molecule is C=C1[C@H](CO)CC[C@@H]1n1cnc2c(=O)[nH]c(N)nc21.CC. The van der Waals surface area contributed by atoms with Gasteiger partial charge in [-0.2, -0.15) is 4.98 Å². The predicted octanol–water partition coefficient (Wildman–Crippen LogP) is 1.23. The smallest absolute Gasteiger partial charge is 0.280 e. The highest BCUT2D eigenvalue weighted by molar-refractivity contribution is 5.70. The number of aromatic nitrogens is 4. The summed E-state index contributed by atoms with van der Waals surface area (Å²) in [6, 6.07) is 0.0100. The number of imidazole rings is 1. The van der Waals surface area contributed by atoms with Crippen molar-refractivity contribution < 1.29 is 5.11 Å². The first-order valence-electron chi connectivity index (χ1n) is 7.13. The Morgan fingerprint density at radius 3 is 2.86 bits per heavy atom. The molecule has 0 spiro atoms. The molecule has 1 saturated carbocycles. The lowest BCUT2D eigenvalue weighted by Gasteiger charge is -2.15. The summed E-state index contributed by atoms with van der Waals surface area (Å²) in [4.78, 5) is 22.4. The van der Waals surface area contributed by atoms with Crippen LogP contribution in [0.15, 0.2) is 23.3 Å². The third kappa shape index (κ3) is 2.56. The summed E-state index contributed by atoms with van der Waals surface area (Å²) in [6.07, 6.45) is 3.31. The maximum absolute atomic E-state index is 11.7. The van der Waals surface area contributed by atoms with Crippen LogP contribution in [0.25, 0.3) is 11.2 Å². The molecular formula is C14H21N5O2. The number of aliphatic hydroxyl groups is 1. The van der Waals surface area contributed by atoms with Crippen LogP contribution in [0.4, 0.5) is 5.95 Å². The van der Waals surface area contributed by atoms with E-state index in [0.717, 1.165) is 18.4 Å². The maximum atomic E-state index is 11.7. The van der Waals surface area contributed by atoms with E-state index in [4.69, 9.17) is 5.73 Å². The molecule has 114 valence electrons. The zero-order chi connectivity index (χ0) is 15.6. The molecule has 2 heterocycles. The van der Waals surface area contributed by atoms with Crippen molar-refractivity contribution in [3.8, 4) is 0 Å². The third-order valence-corrected chi connectivity index (χ3v) is 3.75. The Morgan fingerprint density at radius 1 is 1.52 bits per heavy atom. The van der Waals surface area contributed by atoms with E-state index in [1.807, 2.05) is 18.4 Å². The highest BCUT2D eigenvalue weighted by atomic mass is 16.3. The number of hydrogen-bond acceptors (Lipinski definition) is 5. The molecule has 1 fully saturated rings. The highest BCUT2D eigenvalue weighted by Gasteiger charge is 2.30. The molecule has 4 N–H and O–H groups in total. The van der Waals surface area contributed by atoms with Crippen molar-refractivity contribution in [1.29, 1.82) is 0 Å². The molecule has 21 heavy (non-hydrogen) atoms. The molecule has 1 aliphatic carbocycles. The van der Waals surface area contributed by atoms with Crippen LogP contribution in [-0.2, 0) is 0 Å². The summed E-state index contributed by atoms with van der Waals surface area (Å²) in [5.41, 5.74) is 6.91. The van der Waals surface area contributed by atoms with Gasteiger partial charge in [-0.05, 0) is 18.4 Å². The summed E-state index contributed by atoms with van der Waals surface area (Å²) in [5.74, 6) is 0.170. The summed E-state index contributed by atoms with van der Waals surface area (Å²) in [7, 11) is 0. The van der Waals surface area contributed by atoms with E-state index in [2.05, 4.69) is 21.5 Å². The molecule has 0 bridgehead atoms. The molecule has 7 heteroatoms. The van der Waals surface area contributed by atoms with Crippen molar-refractivity contribution >= 4 is 17.1 Å². The third-order valence-electron chi connectivity index (χ3n) is 3.75. The second kappa shape index (κ2) is 6.09. The summed E-state index contributed by atoms with van der Waals surface area (Å²) in [6.45, 7) is 8.14. The van der Waals surface area contributed by atoms with E-state index in [-0.39, 0.29) is 35.6 Å². The Morgan fingerprint density at radius 2 is 2.24 bits per heavy atom. The van der Waals surface area contributed by atoms with Gasteiger partial charge in [0, 0.05) is 12.5 Å². The van der Waals surface area contributed by atoms with Crippen LogP contribution in [-0.4, -0.2) is 31.2 Å². The predicted molar refractivity (Wildman–Crippen MR) is 81.9 cm³/mol. The molecule has 0 amide bonds. The summed E-state index contributed by atoms with van der Waals surface area (Å²) < 4.78 is 1.82. The molecule has 7 nitrogen and oxygen atoms in total. The van der Waals surface area contributed by atoms with Gasteiger partial charge in [0.2, 0.25) is 5.95 Å². The minimum Gasteiger partial charge on any atom is -0.396 e. The number of nitrogen functional groups attached to an aromatic ring is 1. The molecule has 1 aliphatic rings. The average molecular weight is 291 g/mol. The first-order valence-corrected chi connectivity index (χ1v) is 7.13. The largest absolute Gasteiger partial charge is 0.396 e. The van der Waals surface area contributed by atoms with Crippen LogP contribution in [0.1, 0.15) is 32.7 Å². The van der Waals surface area contributed by atoms with Gasteiger partial charge in [-0.25, -0.2) is 4.98 Å². The fourth-order valence-electron chi connectivity index (χ4n) is 2.70. The quantitative estimate of drug-likeness (QED) is 0.721. The fraction of sp³-hybridized carbons (Fsp3) is 0.500. The van der Waals surface area contributed by atoms with Gasteiger partial charge < -0.3 is 15.4 Å². The fourth-order valence-corrected chi connectivity index (χ4v) is 2.70. The number of aliphatic hydroxyl groups excluding tert-OH is 1. The van der Waals surface area contributed by atoms with Crippen molar-refractivity contribution in [3.05, 3.63) is 28.8 Å². The molecule has 2 aromatic heterocycles. The molecule has 0 radical (unpaired) electrons. The van der Waals surface area contributed by atoms with Crippen LogP contribution < -0.4 is 11.3 Å². The second-order valence-corrected chi connectivity index (χ2v) is 4.82. The van der Waals surface area contributed by atoms with Gasteiger partial charge in [0.05, 0.1) is 12.4 Å². The number of hydrogen-bond donors (Lipinski definition) is 3. The minimum atomic E-state index is -0.344. The first kappa shape index (κ1) is 15.2. The number of nitrogens with two attached hydrogens (primary N) is 1. The van der Waals surface area contributed by atoms with Crippen molar-refractivity contribution in [2.75, 3.05) is 12.3 Å². The Hall–Kier alpha value is -2.15. The molecular weight excluding hydrogens is 270 g/mol. The molecule has 3 rings (SSSR count). The molecule has 2 aromatic rings. The Balaban J connectivity index is 0.000000774. The van der Waals surface area contributed by atoms with Gasteiger partial charge in [0.1, 0.15) is 0 Å². The van der Waals surface area contributed by atoms with Crippen LogP contribution in [0, 0.1) is 5.92 Å². The van der Waals surface area contributed by atoms with Crippen molar-refractivity contribution in [1.82, 2.24) is 19.5 Å². The van der Waals surface area contributed by atoms with Crippen molar-refractivity contribution in [2.24, 2.45) is 5.92 Å². The standard InChI is InChI=1S/C12H15N5O2.C2H6/c1-6-7(4-18)2-3-8(6)17-5-14-9-10(17)15-12(13)16-11(9)19;1-2/h5,7-8,18H,1-4H2,(H3,13,15,16,19);1-2H3/t7-,8-;/m0./s1. The number of nitrogens with one attached hydrogen (secondary N) is 1. The topological polar surface area (TPSA) is 110 Å². The lowest BCUT2D eigenvalue weighted by atomic mass is 10.0. The number of H-pyrrole nitrogens is 1. The normalized spacial score (nSPS) is 21.4. The lowest BCUT2D eigenvalue weighted by molar-refractivity contribution is 0.249. The number of nitrogens with zero attached hydrogens (tertiary/aromatic N) is 3. The van der Waals surface area contributed by atoms with Crippen LogP contribution >= 0.6 is 0 Å². The average Bonchev–Trinajstić information content (AvgIpc) is 3.04. The maximum Gasteiger partial charge on any atom is 0.280 e. The Labute approximate surface area is 122 Å². The highest BCUT2D eigenvalue weighted by Crippen LogP contribution is 2.39. The van der Waals surface area contributed by atoms with E-state index >= 15 is 0 Å². The van der Waals surface area contributed by atoms with Gasteiger partial charge in [0.15, 0.2) is 11.2 Å². The zero-order valence-corrected chi connectivity index (χ0v) is 12.3. The van der Waals surface area contributed by atoms with Gasteiger partial charge in [-0.1, -0.05) is 20.4 Å². The van der Waals surface area contributed by atoms with Gasteiger partial charge in [-0.15, -0.1) is 0 Å². The van der Waals surface area contributed by atoms with E-state index in [1.54, 1.807) is 6.33 Å². The molecule has 2 atom stereocenters. The van der Waals surface area contributed by atoms with E-state index in [1.165, 1.54) is 0 Å². The second-order valence-electron chi connectivity index (χ2n) is 4.82. The van der Waals surface area contributed by atoms with Crippen molar-refractivity contribution in [3.63, 3.8) is 0 Å². The molecule has 0 aromatic carbocycles. The number of aromatic amines is 1.